The molecule has 1 aliphatic carbocycles. The summed E-state index contributed by atoms with van der Waals surface area (Å²) in [5, 5.41) is 10.8. The van der Waals surface area contributed by atoms with E-state index < -0.39 is 0 Å². The van der Waals surface area contributed by atoms with Crippen molar-refractivity contribution in [3.8, 4) is 0 Å². The minimum Gasteiger partial charge on any atom is -0.350 e. The van der Waals surface area contributed by atoms with Gasteiger partial charge in [0.05, 0.1) is 18.7 Å². The van der Waals surface area contributed by atoms with E-state index in [1.54, 1.807) is 6.20 Å². The minimum atomic E-state index is -0.171. The molecule has 1 aliphatic rings. The van der Waals surface area contributed by atoms with Gasteiger partial charge < -0.3 is 5.32 Å². The number of nitrogens with one attached hydrogen (secondary N) is 2. The van der Waals surface area contributed by atoms with Gasteiger partial charge in [-0.1, -0.05) is 30.3 Å². The van der Waals surface area contributed by atoms with E-state index >= 15 is 0 Å². The maximum atomic E-state index is 12.4. The van der Waals surface area contributed by atoms with Gasteiger partial charge in [-0.15, -0.1) is 0 Å². The maximum absolute atomic E-state index is 12.4. The van der Waals surface area contributed by atoms with E-state index in [2.05, 4.69) is 20.5 Å². The number of rotatable bonds is 5. The van der Waals surface area contributed by atoms with Crippen molar-refractivity contribution in [2.75, 3.05) is 0 Å². The number of allylic oxidation sites excluding steroid dienone is 1. The number of Topliss-reactive ketones (excluding diaryl/α,β-unsaturated/α-hetero) is 1. The molecule has 0 bridgehead atoms. The van der Waals surface area contributed by atoms with Gasteiger partial charge in [-0.05, 0) is 29.7 Å². The second-order valence-corrected chi connectivity index (χ2v) is 6.28. The third kappa shape index (κ3) is 3.13. The van der Waals surface area contributed by atoms with Crippen molar-refractivity contribution >= 4 is 28.3 Å². The van der Waals surface area contributed by atoms with Crippen LogP contribution in [0.15, 0.2) is 54.2 Å². The van der Waals surface area contributed by atoms with Crippen molar-refractivity contribution in [1.82, 2.24) is 20.5 Å². The molecule has 4 rings (SSSR count). The van der Waals surface area contributed by atoms with E-state index in [-0.39, 0.29) is 18.1 Å². The summed E-state index contributed by atoms with van der Waals surface area (Å²) in [6.07, 6.45) is 2.95. The molecule has 0 fully saturated rings. The van der Waals surface area contributed by atoms with Gasteiger partial charge in [0.2, 0.25) is 5.91 Å². The highest BCUT2D eigenvalue weighted by atomic mass is 16.2. The van der Waals surface area contributed by atoms with Crippen LogP contribution in [0.25, 0.3) is 16.6 Å². The fourth-order valence-corrected chi connectivity index (χ4v) is 3.32. The molecule has 26 heavy (non-hydrogen) atoms. The molecule has 0 spiro atoms. The largest absolute Gasteiger partial charge is 0.350 e. The Balaban J connectivity index is 1.48. The number of amides is 1. The lowest BCUT2D eigenvalue weighted by atomic mass is 10.00. The Labute approximate surface area is 150 Å². The van der Waals surface area contributed by atoms with Crippen LogP contribution in [0.5, 0.6) is 0 Å². The predicted octanol–water partition coefficient (Wildman–Crippen LogP) is 2.78. The summed E-state index contributed by atoms with van der Waals surface area (Å²) >= 11 is 0. The topological polar surface area (TPSA) is 87.7 Å². The van der Waals surface area contributed by atoms with Crippen LogP contribution >= 0.6 is 0 Å². The first-order valence-electron chi connectivity index (χ1n) is 8.57. The molecule has 0 unspecified atom stereocenters. The monoisotopic (exact) mass is 346 g/mol. The Bertz CT molecular complexity index is 1000. The number of hydrogen-bond acceptors (Lipinski definition) is 4. The minimum absolute atomic E-state index is 0.0650. The summed E-state index contributed by atoms with van der Waals surface area (Å²) < 4.78 is 0. The zero-order chi connectivity index (χ0) is 17.9. The molecule has 0 atom stereocenters. The summed E-state index contributed by atoms with van der Waals surface area (Å²) in [7, 11) is 0. The van der Waals surface area contributed by atoms with Crippen LogP contribution in [0.2, 0.25) is 0 Å². The lowest BCUT2D eigenvalue weighted by molar-refractivity contribution is -0.122. The van der Waals surface area contributed by atoms with Gasteiger partial charge in [0.15, 0.2) is 11.4 Å². The number of carbonyl (C=O) groups excluding carboxylic acids is 2. The number of ketones is 1. The standard InChI is InChI=1S/C20H18N4O2/c25-18-9-8-14(13-5-2-1-3-6-13)16(18)11-19(26)22-12-17-15-7-4-10-21-20(15)24-23-17/h1-7,10H,8-9,11-12H2,(H,22,26)(H,21,23,24). The van der Waals surface area contributed by atoms with Gasteiger partial charge >= 0.3 is 0 Å². The Morgan fingerprint density at radius 3 is 2.81 bits per heavy atom. The van der Waals surface area contributed by atoms with Gasteiger partial charge in [0.1, 0.15) is 0 Å². The van der Waals surface area contributed by atoms with Crippen LogP contribution < -0.4 is 5.32 Å². The van der Waals surface area contributed by atoms with Gasteiger partial charge in [-0.3, -0.25) is 14.7 Å². The van der Waals surface area contributed by atoms with Crippen molar-refractivity contribution in [1.29, 1.82) is 0 Å². The average Bonchev–Trinajstić information content (AvgIpc) is 3.25. The number of aromatic amines is 1. The quantitative estimate of drug-likeness (QED) is 0.743. The second-order valence-electron chi connectivity index (χ2n) is 6.28. The molecular weight excluding hydrogens is 328 g/mol. The van der Waals surface area contributed by atoms with E-state index in [1.165, 1.54) is 0 Å². The van der Waals surface area contributed by atoms with Crippen molar-refractivity contribution in [3.05, 3.63) is 65.5 Å². The fourth-order valence-electron chi connectivity index (χ4n) is 3.32. The van der Waals surface area contributed by atoms with Crippen molar-refractivity contribution in [2.24, 2.45) is 0 Å². The van der Waals surface area contributed by atoms with Gasteiger partial charge in [0.25, 0.3) is 0 Å². The van der Waals surface area contributed by atoms with Crippen LogP contribution in [0.4, 0.5) is 0 Å². The number of nitrogens with zero attached hydrogens (tertiary/aromatic N) is 2. The van der Waals surface area contributed by atoms with Gasteiger partial charge in [0, 0.05) is 23.6 Å². The van der Waals surface area contributed by atoms with Crippen LogP contribution in [0.1, 0.15) is 30.5 Å². The van der Waals surface area contributed by atoms with Gasteiger partial charge in [-0.25, -0.2) is 4.98 Å². The molecule has 0 aliphatic heterocycles. The molecular formula is C20H18N4O2. The summed E-state index contributed by atoms with van der Waals surface area (Å²) in [5.74, 6) is -0.106. The molecule has 0 radical (unpaired) electrons. The zero-order valence-electron chi connectivity index (χ0n) is 14.2. The van der Waals surface area contributed by atoms with E-state index in [1.807, 2.05) is 42.5 Å². The van der Waals surface area contributed by atoms with Crippen LogP contribution in [-0.4, -0.2) is 26.9 Å². The molecule has 0 saturated carbocycles. The molecule has 6 heteroatoms. The third-order valence-corrected chi connectivity index (χ3v) is 4.63. The molecule has 3 aromatic rings. The highest BCUT2D eigenvalue weighted by Gasteiger charge is 2.25. The van der Waals surface area contributed by atoms with E-state index in [4.69, 9.17) is 0 Å². The Morgan fingerprint density at radius 1 is 1.12 bits per heavy atom. The molecule has 2 heterocycles. The number of benzene rings is 1. The highest BCUT2D eigenvalue weighted by Crippen LogP contribution is 2.33. The molecule has 1 aromatic carbocycles. The number of fused-ring (bicyclic) bond motifs is 1. The van der Waals surface area contributed by atoms with Crippen molar-refractivity contribution < 1.29 is 9.59 Å². The van der Waals surface area contributed by atoms with E-state index in [0.29, 0.717) is 30.6 Å². The van der Waals surface area contributed by atoms with E-state index in [0.717, 1.165) is 22.2 Å². The molecule has 130 valence electrons. The zero-order valence-corrected chi connectivity index (χ0v) is 14.2. The summed E-state index contributed by atoms with van der Waals surface area (Å²) in [6, 6.07) is 13.5. The highest BCUT2D eigenvalue weighted by molar-refractivity contribution is 6.10. The Kier molecular flexibility index (Phi) is 4.31. The van der Waals surface area contributed by atoms with Crippen molar-refractivity contribution in [3.63, 3.8) is 0 Å². The lowest BCUT2D eigenvalue weighted by Crippen LogP contribution is -2.24. The number of hydrogen-bond donors (Lipinski definition) is 2. The van der Waals surface area contributed by atoms with Gasteiger partial charge in [-0.2, -0.15) is 5.10 Å². The smallest absolute Gasteiger partial charge is 0.224 e. The SMILES string of the molecule is O=C(CC1=C(c2ccccc2)CCC1=O)NCc1[nH]nc2ncccc12. The first-order valence-corrected chi connectivity index (χ1v) is 8.57. The van der Waals surface area contributed by atoms with Crippen LogP contribution in [-0.2, 0) is 16.1 Å². The summed E-state index contributed by atoms with van der Waals surface area (Å²) in [4.78, 5) is 28.8. The summed E-state index contributed by atoms with van der Waals surface area (Å²) in [6.45, 7) is 0.323. The maximum Gasteiger partial charge on any atom is 0.224 e. The van der Waals surface area contributed by atoms with Crippen LogP contribution in [0, 0.1) is 0 Å². The molecule has 1 amide bonds. The van der Waals surface area contributed by atoms with Crippen molar-refractivity contribution in [2.45, 2.75) is 25.8 Å². The third-order valence-electron chi connectivity index (χ3n) is 4.63. The molecule has 6 nitrogen and oxygen atoms in total. The number of pyridine rings is 1. The average molecular weight is 346 g/mol. The lowest BCUT2D eigenvalue weighted by Gasteiger charge is -2.08. The number of carbonyl (C=O) groups is 2. The second kappa shape index (κ2) is 6.92. The molecule has 2 N–H and O–H groups in total. The Morgan fingerprint density at radius 2 is 1.96 bits per heavy atom. The Hall–Kier alpha value is -3.28. The first-order chi connectivity index (χ1) is 12.7. The number of aromatic nitrogens is 3. The molecule has 2 aromatic heterocycles. The fraction of sp³-hybridized carbons (Fsp3) is 0.200. The van der Waals surface area contributed by atoms with E-state index in [9.17, 15) is 9.59 Å². The molecule has 0 saturated heterocycles. The number of H-pyrrole nitrogens is 1. The predicted molar refractivity (Wildman–Crippen MR) is 98.0 cm³/mol. The normalized spacial score (nSPS) is 14.2. The van der Waals surface area contributed by atoms with Crippen LogP contribution in [0.3, 0.4) is 0 Å². The first kappa shape index (κ1) is 16.2. The summed E-state index contributed by atoms with van der Waals surface area (Å²) in [5.41, 5.74) is 4.06.